The van der Waals surface area contributed by atoms with Gasteiger partial charge in [-0.15, -0.1) is 0 Å². The molecule has 1 aliphatic carbocycles. The summed E-state index contributed by atoms with van der Waals surface area (Å²) in [5.74, 6) is 0.721. The zero-order valence-corrected chi connectivity index (χ0v) is 9.59. The van der Waals surface area contributed by atoms with Crippen molar-refractivity contribution in [2.45, 2.75) is 52.6 Å². The molecule has 1 heteroatoms. The third-order valence-corrected chi connectivity index (χ3v) is 3.02. The van der Waals surface area contributed by atoms with Crippen molar-refractivity contribution >= 4 is 0 Å². The standard InChI is InChI=1S/C13H22O/c1-4-12-7-6-11(8-10(3)14)9-13(12)5-2/h6-7,10,13-14H,4-5,8-9H2,1-3H3. The highest BCUT2D eigenvalue weighted by atomic mass is 16.3. The van der Waals surface area contributed by atoms with E-state index in [1.807, 2.05) is 6.92 Å². The van der Waals surface area contributed by atoms with Crippen molar-refractivity contribution < 1.29 is 5.11 Å². The second-order valence-electron chi connectivity index (χ2n) is 4.28. The molecule has 0 fully saturated rings. The smallest absolute Gasteiger partial charge is 0.0549 e. The Morgan fingerprint density at radius 1 is 1.43 bits per heavy atom. The summed E-state index contributed by atoms with van der Waals surface area (Å²) in [5.41, 5.74) is 2.98. The first-order valence-electron chi connectivity index (χ1n) is 5.73. The molecule has 0 spiro atoms. The van der Waals surface area contributed by atoms with Crippen LogP contribution in [-0.4, -0.2) is 11.2 Å². The summed E-state index contributed by atoms with van der Waals surface area (Å²) in [7, 11) is 0. The number of aliphatic hydroxyl groups excluding tert-OH is 1. The van der Waals surface area contributed by atoms with Crippen molar-refractivity contribution in [3.05, 3.63) is 23.3 Å². The van der Waals surface area contributed by atoms with E-state index < -0.39 is 0 Å². The molecule has 2 atom stereocenters. The molecule has 0 aromatic carbocycles. The van der Waals surface area contributed by atoms with E-state index in [4.69, 9.17) is 0 Å². The van der Waals surface area contributed by atoms with Gasteiger partial charge in [0.05, 0.1) is 6.10 Å². The zero-order valence-electron chi connectivity index (χ0n) is 9.59. The van der Waals surface area contributed by atoms with Crippen molar-refractivity contribution in [1.82, 2.24) is 0 Å². The average Bonchev–Trinajstić information content (AvgIpc) is 2.16. The van der Waals surface area contributed by atoms with Gasteiger partial charge in [0, 0.05) is 0 Å². The summed E-state index contributed by atoms with van der Waals surface area (Å²) in [6.45, 7) is 6.34. The largest absolute Gasteiger partial charge is 0.393 e. The van der Waals surface area contributed by atoms with Crippen LogP contribution in [0, 0.1) is 5.92 Å². The molecule has 14 heavy (non-hydrogen) atoms. The summed E-state index contributed by atoms with van der Waals surface area (Å²) >= 11 is 0. The monoisotopic (exact) mass is 194 g/mol. The molecule has 0 aromatic rings. The summed E-state index contributed by atoms with van der Waals surface area (Å²) in [4.78, 5) is 0. The second kappa shape index (κ2) is 5.35. The predicted molar refractivity (Wildman–Crippen MR) is 61.2 cm³/mol. The van der Waals surface area contributed by atoms with E-state index in [1.165, 1.54) is 12.0 Å². The molecule has 1 N–H and O–H groups in total. The molecule has 0 saturated heterocycles. The van der Waals surface area contributed by atoms with Crippen LogP contribution in [0.2, 0.25) is 0 Å². The van der Waals surface area contributed by atoms with Crippen molar-refractivity contribution in [2.75, 3.05) is 0 Å². The van der Waals surface area contributed by atoms with Gasteiger partial charge in [0.15, 0.2) is 0 Å². The predicted octanol–water partition coefficient (Wildman–Crippen LogP) is 3.45. The molecule has 0 heterocycles. The molecule has 1 rings (SSSR count). The van der Waals surface area contributed by atoms with E-state index in [2.05, 4.69) is 26.0 Å². The number of rotatable bonds is 4. The molecule has 0 aliphatic heterocycles. The number of hydrogen-bond donors (Lipinski definition) is 1. The summed E-state index contributed by atoms with van der Waals surface area (Å²) in [6.07, 6.45) is 8.64. The molecule has 80 valence electrons. The summed E-state index contributed by atoms with van der Waals surface area (Å²) in [5, 5.41) is 9.33. The van der Waals surface area contributed by atoms with E-state index in [0.29, 0.717) is 0 Å². The minimum atomic E-state index is -0.199. The van der Waals surface area contributed by atoms with Gasteiger partial charge in [-0.2, -0.15) is 0 Å². The molecule has 0 radical (unpaired) electrons. The number of aliphatic hydroxyl groups is 1. The lowest BCUT2D eigenvalue weighted by molar-refractivity contribution is 0.193. The van der Waals surface area contributed by atoms with E-state index in [1.54, 1.807) is 5.57 Å². The molecule has 0 saturated carbocycles. The van der Waals surface area contributed by atoms with Gasteiger partial charge in [0.2, 0.25) is 0 Å². The fraction of sp³-hybridized carbons (Fsp3) is 0.692. The van der Waals surface area contributed by atoms with Crippen LogP contribution in [-0.2, 0) is 0 Å². The van der Waals surface area contributed by atoms with Crippen LogP contribution < -0.4 is 0 Å². The van der Waals surface area contributed by atoms with E-state index in [-0.39, 0.29) is 6.10 Å². The van der Waals surface area contributed by atoms with Crippen molar-refractivity contribution in [3.8, 4) is 0 Å². The molecule has 1 nitrogen and oxygen atoms in total. The molecule has 0 bridgehead atoms. The lowest BCUT2D eigenvalue weighted by atomic mass is 9.82. The fourth-order valence-electron chi connectivity index (χ4n) is 2.22. The van der Waals surface area contributed by atoms with Crippen LogP contribution in [0.3, 0.4) is 0 Å². The Morgan fingerprint density at radius 2 is 2.14 bits per heavy atom. The Morgan fingerprint density at radius 3 is 2.64 bits per heavy atom. The molecule has 0 amide bonds. The van der Waals surface area contributed by atoms with Crippen molar-refractivity contribution in [1.29, 1.82) is 0 Å². The van der Waals surface area contributed by atoms with Crippen LogP contribution in [0.25, 0.3) is 0 Å². The van der Waals surface area contributed by atoms with Gasteiger partial charge in [-0.05, 0) is 38.5 Å². The van der Waals surface area contributed by atoms with Gasteiger partial charge < -0.3 is 5.11 Å². The van der Waals surface area contributed by atoms with Gasteiger partial charge in [0.1, 0.15) is 0 Å². The first-order valence-corrected chi connectivity index (χ1v) is 5.73. The van der Waals surface area contributed by atoms with E-state index in [9.17, 15) is 5.11 Å². The lowest BCUT2D eigenvalue weighted by Crippen LogP contribution is -2.11. The number of hydrogen-bond acceptors (Lipinski definition) is 1. The summed E-state index contributed by atoms with van der Waals surface area (Å²) < 4.78 is 0. The molecule has 2 unspecified atom stereocenters. The Balaban J connectivity index is 2.65. The first kappa shape index (κ1) is 11.5. The molecular formula is C13H22O. The van der Waals surface area contributed by atoms with E-state index in [0.717, 1.165) is 25.2 Å². The second-order valence-corrected chi connectivity index (χ2v) is 4.28. The molecule has 1 aliphatic rings. The van der Waals surface area contributed by atoms with Gasteiger partial charge >= 0.3 is 0 Å². The number of allylic oxidation sites excluding steroid dienone is 3. The maximum atomic E-state index is 9.33. The fourth-order valence-corrected chi connectivity index (χ4v) is 2.22. The van der Waals surface area contributed by atoms with Gasteiger partial charge in [-0.25, -0.2) is 0 Å². The van der Waals surface area contributed by atoms with E-state index >= 15 is 0 Å². The topological polar surface area (TPSA) is 20.2 Å². The lowest BCUT2D eigenvalue weighted by Gasteiger charge is -2.24. The SMILES string of the molecule is CCC1=CC=C(CC(C)O)CC1CC. The quantitative estimate of drug-likeness (QED) is 0.726. The third kappa shape index (κ3) is 2.98. The van der Waals surface area contributed by atoms with Gasteiger partial charge in [0.25, 0.3) is 0 Å². The first-order chi connectivity index (χ1) is 6.67. The third-order valence-electron chi connectivity index (χ3n) is 3.02. The summed E-state index contributed by atoms with van der Waals surface area (Å²) in [6, 6.07) is 0. The zero-order chi connectivity index (χ0) is 10.6. The van der Waals surface area contributed by atoms with Gasteiger partial charge in [-0.3, -0.25) is 0 Å². The van der Waals surface area contributed by atoms with Crippen molar-refractivity contribution in [3.63, 3.8) is 0 Å². The Bertz CT molecular complexity index is 236. The highest BCUT2D eigenvalue weighted by molar-refractivity contribution is 5.26. The molecule has 0 aromatic heterocycles. The van der Waals surface area contributed by atoms with Gasteiger partial charge in [-0.1, -0.05) is 37.1 Å². The van der Waals surface area contributed by atoms with Crippen LogP contribution in [0.4, 0.5) is 0 Å². The van der Waals surface area contributed by atoms with Crippen LogP contribution >= 0.6 is 0 Å². The Hall–Kier alpha value is -0.560. The highest BCUT2D eigenvalue weighted by Crippen LogP contribution is 2.31. The minimum absolute atomic E-state index is 0.199. The Kier molecular flexibility index (Phi) is 4.40. The van der Waals surface area contributed by atoms with Crippen molar-refractivity contribution in [2.24, 2.45) is 5.92 Å². The minimum Gasteiger partial charge on any atom is -0.393 e. The van der Waals surface area contributed by atoms with Crippen LogP contribution in [0.5, 0.6) is 0 Å². The highest BCUT2D eigenvalue weighted by Gasteiger charge is 2.16. The Labute approximate surface area is 87.5 Å². The van der Waals surface area contributed by atoms with Crippen LogP contribution in [0.1, 0.15) is 46.5 Å². The maximum absolute atomic E-state index is 9.33. The van der Waals surface area contributed by atoms with Crippen LogP contribution in [0.15, 0.2) is 23.3 Å². The normalized spacial score (nSPS) is 24.1. The maximum Gasteiger partial charge on any atom is 0.0549 e. The average molecular weight is 194 g/mol. The molecular weight excluding hydrogens is 172 g/mol.